The molecule has 1 aliphatic carbocycles. The molecule has 1 aromatic rings. The topological polar surface area (TPSA) is 62.5 Å². The van der Waals surface area contributed by atoms with E-state index in [9.17, 15) is 4.79 Å². The van der Waals surface area contributed by atoms with Gasteiger partial charge in [0.25, 0.3) is 0 Å². The molecule has 2 N–H and O–H groups in total. The molecule has 0 spiro atoms. The summed E-state index contributed by atoms with van der Waals surface area (Å²) in [5.41, 5.74) is 0.688. The highest BCUT2D eigenvalue weighted by Crippen LogP contribution is 2.20. The zero-order chi connectivity index (χ0) is 10.8. The van der Waals surface area contributed by atoms with E-state index in [0.717, 1.165) is 0 Å². The number of hydrogen-bond acceptors (Lipinski definition) is 3. The third-order valence-electron chi connectivity index (χ3n) is 2.83. The molecule has 82 valence electrons. The Morgan fingerprint density at radius 2 is 2.40 bits per heavy atom. The lowest BCUT2D eigenvalue weighted by Crippen LogP contribution is -2.34. The standard InChI is InChI=1S/C11H15NO3/c1-7-5-9(15-10(7)11(13)14)6-12-8-3-2-4-8/h5,8,12H,2-4,6H2,1H3,(H,13,14). The minimum atomic E-state index is -0.998. The summed E-state index contributed by atoms with van der Waals surface area (Å²) in [6.07, 6.45) is 3.71. The Labute approximate surface area is 88.3 Å². The number of nitrogens with one attached hydrogen (secondary N) is 1. The Bertz CT molecular complexity index is 366. The summed E-state index contributed by atoms with van der Waals surface area (Å²) < 4.78 is 5.23. The largest absolute Gasteiger partial charge is 0.475 e. The highest BCUT2D eigenvalue weighted by molar-refractivity contribution is 5.86. The van der Waals surface area contributed by atoms with Crippen LogP contribution >= 0.6 is 0 Å². The first-order chi connectivity index (χ1) is 7.16. The maximum Gasteiger partial charge on any atom is 0.372 e. The molecule has 0 unspecified atom stereocenters. The average Bonchev–Trinajstić information content (AvgIpc) is 2.44. The summed E-state index contributed by atoms with van der Waals surface area (Å²) in [7, 11) is 0. The molecular formula is C11H15NO3. The van der Waals surface area contributed by atoms with E-state index in [1.165, 1.54) is 19.3 Å². The van der Waals surface area contributed by atoms with Crippen LogP contribution in [0.1, 0.15) is 41.1 Å². The summed E-state index contributed by atoms with van der Waals surface area (Å²) in [5.74, 6) is -0.236. The Kier molecular flexibility index (Phi) is 2.77. The van der Waals surface area contributed by atoms with Gasteiger partial charge in [0.2, 0.25) is 5.76 Å². The number of carboxylic acids is 1. The van der Waals surface area contributed by atoms with Gasteiger partial charge in [-0.25, -0.2) is 4.79 Å². The first-order valence-electron chi connectivity index (χ1n) is 5.23. The van der Waals surface area contributed by atoms with Gasteiger partial charge in [0.05, 0.1) is 6.54 Å². The molecule has 0 saturated heterocycles. The van der Waals surface area contributed by atoms with Gasteiger partial charge in [-0.2, -0.15) is 0 Å². The summed E-state index contributed by atoms with van der Waals surface area (Å²) in [5, 5.41) is 12.1. The van der Waals surface area contributed by atoms with E-state index in [-0.39, 0.29) is 5.76 Å². The average molecular weight is 209 g/mol. The number of aryl methyl sites for hydroxylation is 1. The first kappa shape index (κ1) is 10.2. The van der Waals surface area contributed by atoms with Crippen molar-refractivity contribution < 1.29 is 14.3 Å². The second kappa shape index (κ2) is 4.06. The van der Waals surface area contributed by atoms with Crippen LogP contribution < -0.4 is 5.32 Å². The Morgan fingerprint density at radius 1 is 1.67 bits per heavy atom. The van der Waals surface area contributed by atoms with Crippen LogP contribution in [0.15, 0.2) is 10.5 Å². The van der Waals surface area contributed by atoms with Gasteiger partial charge >= 0.3 is 5.97 Å². The van der Waals surface area contributed by atoms with Crippen molar-refractivity contribution in [3.63, 3.8) is 0 Å². The molecule has 4 nitrogen and oxygen atoms in total. The van der Waals surface area contributed by atoms with Crippen LogP contribution in [-0.4, -0.2) is 17.1 Å². The second-order valence-electron chi connectivity index (χ2n) is 4.04. The summed E-state index contributed by atoms with van der Waals surface area (Å²) in [6.45, 7) is 2.37. The third-order valence-corrected chi connectivity index (χ3v) is 2.83. The molecular weight excluding hydrogens is 194 g/mol. The maximum absolute atomic E-state index is 10.7. The van der Waals surface area contributed by atoms with E-state index < -0.39 is 5.97 Å². The van der Waals surface area contributed by atoms with E-state index in [0.29, 0.717) is 23.9 Å². The monoisotopic (exact) mass is 209 g/mol. The highest BCUT2D eigenvalue weighted by atomic mass is 16.4. The van der Waals surface area contributed by atoms with Gasteiger partial charge in [0, 0.05) is 11.6 Å². The minimum absolute atomic E-state index is 0.0559. The smallest absolute Gasteiger partial charge is 0.372 e. The molecule has 1 saturated carbocycles. The van der Waals surface area contributed by atoms with Crippen LogP contribution in [0, 0.1) is 6.92 Å². The number of carbonyl (C=O) groups is 1. The third kappa shape index (κ3) is 2.21. The lowest BCUT2D eigenvalue weighted by atomic mass is 9.93. The normalized spacial score (nSPS) is 16.3. The van der Waals surface area contributed by atoms with Crippen molar-refractivity contribution in [3.05, 3.63) is 23.2 Å². The van der Waals surface area contributed by atoms with Crippen LogP contribution in [0.25, 0.3) is 0 Å². The Balaban J connectivity index is 1.96. The van der Waals surface area contributed by atoms with Crippen molar-refractivity contribution in [2.45, 2.75) is 38.8 Å². The molecule has 0 amide bonds. The van der Waals surface area contributed by atoms with Gasteiger partial charge in [0.15, 0.2) is 0 Å². The molecule has 0 bridgehead atoms. The lowest BCUT2D eigenvalue weighted by molar-refractivity contribution is 0.0659. The number of hydrogen-bond donors (Lipinski definition) is 2. The fourth-order valence-corrected chi connectivity index (χ4v) is 1.70. The molecule has 2 rings (SSSR count). The van der Waals surface area contributed by atoms with E-state index in [2.05, 4.69) is 5.32 Å². The predicted octanol–water partition coefficient (Wildman–Crippen LogP) is 1.93. The van der Waals surface area contributed by atoms with Crippen molar-refractivity contribution in [3.8, 4) is 0 Å². The molecule has 1 aromatic heterocycles. The summed E-state index contributed by atoms with van der Waals surface area (Å²) >= 11 is 0. The molecule has 4 heteroatoms. The quantitative estimate of drug-likeness (QED) is 0.795. The van der Waals surface area contributed by atoms with Crippen molar-refractivity contribution >= 4 is 5.97 Å². The van der Waals surface area contributed by atoms with Gasteiger partial charge in [-0.15, -0.1) is 0 Å². The number of furan rings is 1. The summed E-state index contributed by atoms with van der Waals surface area (Å²) in [4.78, 5) is 10.7. The zero-order valence-electron chi connectivity index (χ0n) is 8.75. The molecule has 0 aromatic carbocycles. The molecule has 0 radical (unpaired) electrons. The second-order valence-corrected chi connectivity index (χ2v) is 4.04. The van der Waals surface area contributed by atoms with Crippen molar-refractivity contribution in [2.24, 2.45) is 0 Å². The Hall–Kier alpha value is -1.29. The number of rotatable bonds is 4. The fourth-order valence-electron chi connectivity index (χ4n) is 1.70. The van der Waals surface area contributed by atoms with E-state index in [1.807, 2.05) is 0 Å². The molecule has 0 atom stereocenters. The van der Waals surface area contributed by atoms with Gasteiger partial charge in [0.1, 0.15) is 5.76 Å². The Morgan fingerprint density at radius 3 is 2.87 bits per heavy atom. The molecule has 15 heavy (non-hydrogen) atoms. The fraction of sp³-hybridized carbons (Fsp3) is 0.545. The van der Waals surface area contributed by atoms with Crippen molar-refractivity contribution in [1.82, 2.24) is 5.32 Å². The zero-order valence-corrected chi connectivity index (χ0v) is 8.75. The van der Waals surface area contributed by atoms with Crippen LogP contribution in [0.3, 0.4) is 0 Å². The van der Waals surface area contributed by atoms with Crippen molar-refractivity contribution in [2.75, 3.05) is 0 Å². The van der Waals surface area contributed by atoms with Crippen LogP contribution in [0.2, 0.25) is 0 Å². The maximum atomic E-state index is 10.7. The van der Waals surface area contributed by atoms with Crippen molar-refractivity contribution in [1.29, 1.82) is 0 Å². The number of carboxylic acid groups (broad SMARTS) is 1. The summed E-state index contributed by atoms with van der Waals surface area (Å²) in [6, 6.07) is 2.37. The van der Waals surface area contributed by atoms with Crippen LogP contribution in [-0.2, 0) is 6.54 Å². The van der Waals surface area contributed by atoms with Gasteiger partial charge in [-0.1, -0.05) is 6.42 Å². The van der Waals surface area contributed by atoms with Crippen LogP contribution in [0.5, 0.6) is 0 Å². The molecule has 0 aliphatic heterocycles. The van der Waals surface area contributed by atoms with E-state index in [1.54, 1.807) is 13.0 Å². The van der Waals surface area contributed by atoms with E-state index in [4.69, 9.17) is 9.52 Å². The molecule has 1 fully saturated rings. The number of aromatic carboxylic acids is 1. The highest BCUT2D eigenvalue weighted by Gasteiger charge is 2.18. The first-order valence-corrected chi connectivity index (χ1v) is 5.23. The van der Waals surface area contributed by atoms with Gasteiger partial charge < -0.3 is 14.8 Å². The molecule has 1 aliphatic rings. The van der Waals surface area contributed by atoms with Crippen LogP contribution in [0.4, 0.5) is 0 Å². The minimum Gasteiger partial charge on any atom is -0.475 e. The van der Waals surface area contributed by atoms with Gasteiger partial charge in [-0.3, -0.25) is 0 Å². The van der Waals surface area contributed by atoms with Gasteiger partial charge in [-0.05, 0) is 25.8 Å². The lowest BCUT2D eigenvalue weighted by Gasteiger charge is -2.25. The SMILES string of the molecule is Cc1cc(CNC2CCC2)oc1C(=O)O. The van der Waals surface area contributed by atoms with E-state index >= 15 is 0 Å². The predicted molar refractivity (Wildman–Crippen MR) is 54.9 cm³/mol. The molecule has 1 heterocycles.